The summed E-state index contributed by atoms with van der Waals surface area (Å²) in [7, 11) is 1.65. The molecule has 0 saturated heterocycles. The van der Waals surface area contributed by atoms with Crippen LogP contribution in [0.2, 0.25) is 5.02 Å². The second-order valence-corrected chi connectivity index (χ2v) is 7.28. The van der Waals surface area contributed by atoms with Gasteiger partial charge in [0, 0.05) is 23.4 Å². The van der Waals surface area contributed by atoms with Crippen LogP contribution in [-0.4, -0.2) is 7.11 Å². The maximum atomic E-state index is 13.3. The molecule has 3 nitrogen and oxygen atoms in total. The Balaban J connectivity index is 1.60. The highest BCUT2D eigenvalue weighted by atomic mass is 35.5. The molecule has 152 valence electrons. The van der Waals surface area contributed by atoms with Crippen molar-refractivity contribution >= 4 is 28.1 Å². The Morgan fingerprint density at radius 1 is 0.933 bits per heavy atom. The summed E-state index contributed by atoms with van der Waals surface area (Å²) < 4.78 is 24.6. The molecule has 0 aliphatic rings. The van der Waals surface area contributed by atoms with E-state index in [9.17, 15) is 4.39 Å². The molecule has 0 bridgehead atoms. The number of hydrogen-bond donors (Lipinski definition) is 1. The Morgan fingerprint density at radius 2 is 1.73 bits per heavy atom. The lowest BCUT2D eigenvalue weighted by Crippen LogP contribution is -2.05. The van der Waals surface area contributed by atoms with Gasteiger partial charge in [-0.25, -0.2) is 4.39 Å². The lowest BCUT2D eigenvalue weighted by atomic mass is 10.0. The van der Waals surface area contributed by atoms with Crippen LogP contribution in [0.5, 0.6) is 11.5 Å². The van der Waals surface area contributed by atoms with Gasteiger partial charge in [0.25, 0.3) is 0 Å². The molecular weight excluding hydrogens is 401 g/mol. The second-order valence-electron chi connectivity index (χ2n) is 6.87. The summed E-state index contributed by atoms with van der Waals surface area (Å²) in [6.07, 6.45) is 0. The van der Waals surface area contributed by atoms with Gasteiger partial charge in [-0.05, 0) is 53.2 Å². The van der Waals surface area contributed by atoms with Crippen LogP contribution in [0.15, 0.2) is 78.9 Å². The molecule has 1 N–H and O–H groups in total. The fourth-order valence-electron chi connectivity index (χ4n) is 3.33. The Kier molecular flexibility index (Phi) is 6.05. The van der Waals surface area contributed by atoms with Crippen LogP contribution in [0.3, 0.4) is 0 Å². The van der Waals surface area contributed by atoms with Crippen LogP contribution in [-0.2, 0) is 13.2 Å². The molecule has 0 unspecified atom stereocenters. The molecule has 4 rings (SSSR count). The highest BCUT2D eigenvalue weighted by Crippen LogP contribution is 2.30. The first kappa shape index (κ1) is 20.0. The number of hydrogen-bond acceptors (Lipinski definition) is 3. The molecule has 0 aliphatic heterocycles. The van der Waals surface area contributed by atoms with E-state index in [4.69, 9.17) is 21.1 Å². The molecule has 30 heavy (non-hydrogen) atoms. The van der Waals surface area contributed by atoms with Gasteiger partial charge < -0.3 is 14.8 Å². The summed E-state index contributed by atoms with van der Waals surface area (Å²) in [5, 5.41) is 6.05. The number of halogens is 2. The minimum atomic E-state index is -0.362. The summed E-state index contributed by atoms with van der Waals surface area (Å²) in [5.41, 5.74) is 2.76. The van der Waals surface area contributed by atoms with Gasteiger partial charge in [-0.3, -0.25) is 0 Å². The van der Waals surface area contributed by atoms with Gasteiger partial charge in [0.05, 0.1) is 12.1 Å². The first-order chi connectivity index (χ1) is 14.6. The summed E-state index contributed by atoms with van der Waals surface area (Å²) in [4.78, 5) is 0. The zero-order valence-electron chi connectivity index (χ0n) is 16.5. The second kappa shape index (κ2) is 9.06. The largest absolute Gasteiger partial charge is 0.497 e. The molecule has 0 radical (unpaired) electrons. The van der Waals surface area contributed by atoms with E-state index in [0.717, 1.165) is 39.1 Å². The van der Waals surface area contributed by atoms with E-state index in [0.29, 0.717) is 11.6 Å². The van der Waals surface area contributed by atoms with Crippen molar-refractivity contribution < 1.29 is 13.9 Å². The molecule has 0 atom stereocenters. The van der Waals surface area contributed by atoms with Crippen molar-refractivity contribution in [2.24, 2.45) is 0 Å². The Hall–Kier alpha value is -3.24. The van der Waals surface area contributed by atoms with Gasteiger partial charge in [0.15, 0.2) is 0 Å². The van der Waals surface area contributed by atoms with E-state index in [1.165, 1.54) is 12.1 Å². The van der Waals surface area contributed by atoms with Crippen molar-refractivity contribution in [1.82, 2.24) is 0 Å². The monoisotopic (exact) mass is 421 g/mol. The normalized spacial score (nSPS) is 10.8. The van der Waals surface area contributed by atoms with Crippen LogP contribution in [0.25, 0.3) is 10.8 Å². The van der Waals surface area contributed by atoms with Crippen LogP contribution >= 0.6 is 11.6 Å². The fraction of sp³-hybridized carbons (Fsp3) is 0.120. The highest BCUT2D eigenvalue weighted by Gasteiger charge is 2.11. The molecule has 0 spiro atoms. The smallest absolute Gasteiger partial charge is 0.125 e. The lowest BCUT2D eigenvalue weighted by molar-refractivity contribution is 0.304. The van der Waals surface area contributed by atoms with Crippen molar-refractivity contribution in [2.75, 3.05) is 12.4 Å². The molecule has 0 aromatic heterocycles. The van der Waals surface area contributed by atoms with E-state index in [2.05, 4.69) is 17.4 Å². The van der Waals surface area contributed by atoms with E-state index in [1.807, 2.05) is 48.5 Å². The van der Waals surface area contributed by atoms with Crippen molar-refractivity contribution in [3.05, 3.63) is 101 Å². The average Bonchev–Trinajstić information content (AvgIpc) is 2.77. The Labute approximate surface area is 180 Å². The fourth-order valence-corrected chi connectivity index (χ4v) is 3.55. The molecule has 0 amide bonds. The van der Waals surface area contributed by atoms with Crippen LogP contribution < -0.4 is 14.8 Å². The molecule has 4 aromatic carbocycles. The summed E-state index contributed by atoms with van der Waals surface area (Å²) >= 11 is 6.15. The van der Waals surface area contributed by atoms with Crippen LogP contribution in [0.4, 0.5) is 10.1 Å². The van der Waals surface area contributed by atoms with Gasteiger partial charge in [-0.2, -0.15) is 0 Å². The SMILES string of the molecule is COc1ccc(NCc2c(OCc3ccc(F)cc3Cl)ccc3ccccc23)cc1. The molecule has 0 saturated carbocycles. The number of anilines is 1. The van der Waals surface area contributed by atoms with E-state index < -0.39 is 0 Å². The minimum Gasteiger partial charge on any atom is -0.497 e. The van der Waals surface area contributed by atoms with Crippen LogP contribution in [0, 0.1) is 5.82 Å². The van der Waals surface area contributed by atoms with Gasteiger partial charge >= 0.3 is 0 Å². The standard InChI is InChI=1S/C25H21ClFNO2/c1-29-21-11-9-20(10-12-21)28-15-23-22-5-3-2-4-17(22)7-13-25(23)30-16-18-6-8-19(27)14-24(18)26/h2-14,28H,15-16H2,1H3. The number of fused-ring (bicyclic) bond motifs is 1. The quantitative estimate of drug-likeness (QED) is 0.354. The zero-order valence-corrected chi connectivity index (χ0v) is 17.2. The van der Waals surface area contributed by atoms with Crippen molar-refractivity contribution in [3.63, 3.8) is 0 Å². The molecule has 5 heteroatoms. The summed E-state index contributed by atoms with van der Waals surface area (Å²) in [6.45, 7) is 0.840. The molecular formula is C25H21ClFNO2. The number of benzene rings is 4. The third kappa shape index (κ3) is 4.50. The molecule has 0 aliphatic carbocycles. The van der Waals surface area contributed by atoms with Crippen molar-refractivity contribution in [3.8, 4) is 11.5 Å². The maximum Gasteiger partial charge on any atom is 0.125 e. The third-order valence-electron chi connectivity index (χ3n) is 4.96. The average molecular weight is 422 g/mol. The maximum absolute atomic E-state index is 13.3. The molecule has 0 heterocycles. The van der Waals surface area contributed by atoms with E-state index in [-0.39, 0.29) is 12.4 Å². The van der Waals surface area contributed by atoms with Crippen LogP contribution in [0.1, 0.15) is 11.1 Å². The minimum absolute atomic E-state index is 0.257. The predicted octanol–water partition coefficient (Wildman–Crippen LogP) is 6.83. The lowest BCUT2D eigenvalue weighted by Gasteiger charge is -2.16. The number of rotatable bonds is 7. The Morgan fingerprint density at radius 3 is 2.50 bits per heavy atom. The predicted molar refractivity (Wildman–Crippen MR) is 120 cm³/mol. The van der Waals surface area contributed by atoms with Crippen molar-refractivity contribution in [2.45, 2.75) is 13.2 Å². The third-order valence-corrected chi connectivity index (χ3v) is 5.31. The first-order valence-electron chi connectivity index (χ1n) is 9.59. The first-order valence-corrected chi connectivity index (χ1v) is 9.97. The van der Waals surface area contributed by atoms with E-state index in [1.54, 1.807) is 13.2 Å². The topological polar surface area (TPSA) is 30.5 Å². The highest BCUT2D eigenvalue weighted by molar-refractivity contribution is 6.31. The number of ether oxygens (including phenoxy) is 2. The molecule has 4 aromatic rings. The summed E-state index contributed by atoms with van der Waals surface area (Å²) in [5.74, 6) is 1.21. The number of nitrogens with one attached hydrogen (secondary N) is 1. The number of methoxy groups -OCH3 is 1. The summed E-state index contributed by atoms with van der Waals surface area (Å²) in [6, 6.07) is 24.3. The van der Waals surface area contributed by atoms with Gasteiger partial charge in [0.1, 0.15) is 23.9 Å². The Bertz CT molecular complexity index is 1160. The van der Waals surface area contributed by atoms with Gasteiger partial charge in [-0.15, -0.1) is 0 Å². The molecule has 0 fully saturated rings. The van der Waals surface area contributed by atoms with Crippen molar-refractivity contribution in [1.29, 1.82) is 0 Å². The zero-order chi connectivity index (χ0) is 20.9. The van der Waals surface area contributed by atoms with Gasteiger partial charge in [0.2, 0.25) is 0 Å². The van der Waals surface area contributed by atoms with Gasteiger partial charge in [-0.1, -0.05) is 48.0 Å². The van der Waals surface area contributed by atoms with E-state index >= 15 is 0 Å².